The number of benzene rings is 1. The van der Waals surface area contributed by atoms with E-state index in [0.29, 0.717) is 4.90 Å². The summed E-state index contributed by atoms with van der Waals surface area (Å²) in [5.41, 5.74) is 6.48. The molecule has 1 nitrogen and oxygen atoms in total. The summed E-state index contributed by atoms with van der Waals surface area (Å²) in [6.45, 7) is 3.85. The zero-order valence-electron chi connectivity index (χ0n) is 7.88. The Hall–Kier alpha value is -0.540. The molecule has 72 valence electrons. The summed E-state index contributed by atoms with van der Waals surface area (Å²) in [5.74, 6) is 0.718. The van der Waals surface area contributed by atoms with E-state index < -0.39 is 0 Å². The molecule has 1 aromatic carbocycles. The molecule has 0 fully saturated rings. The number of hydrogen-bond donors (Lipinski definition) is 1. The normalized spacial score (nSPS) is 12.9. The molecule has 1 rings (SSSR count). The van der Waals surface area contributed by atoms with Crippen molar-refractivity contribution in [3.05, 3.63) is 29.6 Å². The van der Waals surface area contributed by atoms with Crippen molar-refractivity contribution in [2.24, 2.45) is 5.73 Å². The van der Waals surface area contributed by atoms with Gasteiger partial charge in [0.2, 0.25) is 0 Å². The maximum atomic E-state index is 13.3. The minimum atomic E-state index is -0.165. The summed E-state index contributed by atoms with van der Waals surface area (Å²) in [4.78, 5) is 0.701. The molecule has 3 heteroatoms. The van der Waals surface area contributed by atoms with Crippen molar-refractivity contribution >= 4 is 11.8 Å². The topological polar surface area (TPSA) is 26.0 Å². The molecule has 0 aliphatic carbocycles. The number of nitrogens with two attached hydrogens (primary N) is 1. The van der Waals surface area contributed by atoms with Crippen LogP contribution in [0.15, 0.2) is 23.1 Å². The molecule has 0 aliphatic rings. The summed E-state index contributed by atoms with van der Waals surface area (Å²) in [7, 11) is 0. The van der Waals surface area contributed by atoms with Crippen LogP contribution in [-0.2, 0) is 0 Å². The van der Waals surface area contributed by atoms with Gasteiger partial charge >= 0.3 is 0 Å². The molecule has 0 aliphatic heterocycles. The van der Waals surface area contributed by atoms with Gasteiger partial charge in [0.25, 0.3) is 0 Å². The molecule has 1 aromatic rings. The Bertz CT molecular complexity index is 286. The molecule has 0 bridgehead atoms. The smallest absolute Gasteiger partial charge is 0.137 e. The minimum absolute atomic E-state index is 0.102. The highest BCUT2D eigenvalue weighted by atomic mass is 32.2. The molecular weight excluding hydrogens is 185 g/mol. The van der Waals surface area contributed by atoms with Gasteiger partial charge in [-0.05, 0) is 30.4 Å². The number of hydrogen-bond acceptors (Lipinski definition) is 2. The molecule has 1 atom stereocenters. The van der Waals surface area contributed by atoms with Gasteiger partial charge in [-0.2, -0.15) is 0 Å². The standard InChI is InChI=1S/C10H14FNS/c1-3-13-10-5-4-8(7(2)12)6-9(10)11/h4-7H,3,12H2,1-2H3. The predicted molar refractivity (Wildman–Crippen MR) is 55.4 cm³/mol. The minimum Gasteiger partial charge on any atom is -0.324 e. The second-order valence-corrected chi connectivity index (χ2v) is 4.22. The van der Waals surface area contributed by atoms with Crippen LogP contribution in [-0.4, -0.2) is 5.75 Å². The second-order valence-electron chi connectivity index (χ2n) is 2.91. The molecule has 1 unspecified atom stereocenters. The molecule has 0 saturated carbocycles. The Balaban J connectivity index is 2.92. The van der Waals surface area contributed by atoms with Gasteiger partial charge in [0.05, 0.1) is 0 Å². The highest BCUT2D eigenvalue weighted by molar-refractivity contribution is 7.99. The van der Waals surface area contributed by atoms with E-state index in [0.717, 1.165) is 11.3 Å². The lowest BCUT2D eigenvalue weighted by molar-refractivity contribution is 0.596. The third-order valence-corrected chi connectivity index (χ3v) is 2.71. The van der Waals surface area contributed by atoms with Crippen LogP contribution in [0.2, 0.25) is 0 Å². The van der Waals surface area contributed by atoms with Crippen LogP contribution < -0.4 is 5.73 Å². The van der Waals surface area contributed by atoms with Crippen LogP contribution in [0, 0.1) is 5.82 Å². The first-order chi connectivity index (χ1) is 6.15. The molecule has 0 saturated heterocycles. The van der Waals surface area contributed by atoms with E-state index in [9.17, 15) is 4.39 Å². The predicted octanol–water partition coefficient (Wildman–Crippen LogP) is 2.96. The van der Waals surface area contributed by atoms with E-state index in [1.807, 2.05) is 19.9 Å². The zero-order chi connectivity index (χ0) is 9.84. The summed E-state index contributed by atoms with van der Waals surface area (Å²) in [6, 6.07) is 5.09. The van der Waals surface area contributed by atoms with Crippen LogP contribution in [0.4, 0.5) is 4.39 Å². The van der Waals surface area contributed by atoms with Crippen molar-refractivity contribution in [1.82, 2.24) is 0 Å². The summed E-state index contributed by atoms with van der Waals surface area (Å²) >= 11 is 1.51. The lowest BCUT2D eigenvalue weighted by Gasteiger charge is -2.07. The maximum Gasteiger partial charge on any atom is 0.137 e. The van der Waals surface area contributed by atoms with E-state index in [1.165, 1.54) is 17.8 Å². The third-order valence-electron chi connectivity index (χ3n) is 1.78. The quantitative estimate of drug-likeness (QED) is 0.757. The largest absolute Gasteiger partial charge is 0.324 e. The van der Waals surface area contributed by atoms with Crippen molar-refractivity contribution in [3.63, 3.8) is 0 Å². The average Bonchev–Trinajstić information content (AvgIpc) is 2.08. The second kappa shape index (κ2) is 4.63. The summed E-state index contributed by atoms with van der Waals surface area (Å²) in [5, 5.41) is 0. The van der Waals surface area contributed by atoms with E-state index in [1.54, 1.807) is 6.07 Å². The first kappa shape index (κ1) is 10.5. The summed E-state index contributed by atoms with van der Waals surface area (Å²) in [6.07, 6.45) is 0. The number of rotatable bonds is 3. The molecule has 2 N–H and O–H groups in total. The molecule has 0 spiro atoms. The van der Waals surface area contributed by atoms with Gasteiger partial charge in [-0.1, -0.05) is 13.0 Å². The van der Waals surface area contributed by atoms with Crippen LogP contribution in [0.25, 0.3) is 0 Å². The van der Waals surface area contributed by atoms with E-state index in [4.69, 9.17) is 5.73 Å². The van der Waals surface area contributed by atoms with E-state index in [-0.39, 0.29) is 11.9 Å². The van der Waals surface area contributed by atoms with Crippen molar-refractivity contribution in [2.45, 2.75) is 24.8 Å². The average molecular weight is 199 g/mol. The van der Waals surface area contributed by atoms with Gasteiger partial charge in [0, 0.05) is 10.9 Å². The Kier molecular flexibility index (Phi) is 3.75. The van der Waals surface area contributed by atoms with Crippen molar-refractivity contribution in [1.29, 1.82) is 0 Å². The highest BCUT2D eigenvalue weighted by Gasteiger charge is 2.05. The molecular formula is C10H14FNS. The molecule has 0 heterocycles. The highest BCUT2D eigenvalue weighted by Crippen LogP contribution is 2.23. The van der Waals surface area contributed by atoms with Crippen LogP contribution in [0.3, 0.4) is 0 Å². The van der Waals surface area contributed by atoms with E-state index >= 15 is 0 Å². The summed E-state index contributed by atoms with van der Waals surface area (Å²) < 4.78 is 13.3. The zero-order valence-corrected chi connectivity index (χ0v) is 8.70. The van der Waals surface area contributed by atoms with Gasteiger partial charge < -0.3 is 5.73 Å². The van der Waals surface area contributed by atoms with Crippen LogP contribution in [0.5, 0.6) is 0 Å². The van der Waals surface area contributed by atoms with Gasteiger partial charge in [0.1, 0.15) is 5.82 Å². The van der Waals surface area contributed by atoms with Crippen molar-refractivity contribution in [2.75, 3.05) is 5.75 Å². The first-order valence-electron chi connectivity index (χ1n) is 4.33. The fraction of sp³-hybridized carbons (Fsp3) is 0.400. The lowest BCUT2D eigenvalue weighted by Crippen LogP contribution is -2.05. The maximum absolute atomic E-state index is 13.3. The van der Waals surface area contributed by atoms with Gasteiger partial charge in [0.15, 0.2) is 0 Å². The van der Waals surface area contributed by atoms with E-state index in [2.05, 4.69) is 0 Å². The van der Waals surface area contributed by atoms with Gasteiger partial charge in [-0.25, -0.2) is 4.39 Å². The lowest BCUT2D eigenvalue weighted by atomic mass is 10.1. The van der Waals surface area contributed by atoms with Crippen molar-refractivity contribution in [3.8, 4) is 0 Å². The van der Waals surface area contributed by atoms with Gasteiger partial charge in [-0.15, -0.1) is 11.8 Å². The Morgan fingerprint density at radius 2 is 2.23 bits per heavy atom. The molecule has 13 heavy (non-hydrogen) atoms. The van der Waals surface area contributed by atoms with Crippen LogP contribution in [0.1, 0.15) is 25.5 Å². The number of thioether (sulfide) groups is 1. The SMILES string of the molecule is CCSc1ccc(C(C)N)cc1F. The van der Waals surface area contributed by atoms with Crippen molar-refractivity contribution < 1.29 is 4.39 Å². The first-order valence-corrected chi connectivity index (χ1v) is 5.31. The Morgan fingerprint density at radius 1 is 1.54 bits per heavy atom. The number of halogens is 1. The molecule has 0 aromatic heterocycles. The molecule has 0 radical (unpaired) electrons. The van der Waals surface area contributed by atoms with Gasteiger partial charge in [-0.3, -0.25) is 0 Å². The fourth-order valence-electron chi connectivity index (χ4n) is 1.07. The Morgan fingerprint density at radius 3 is 2.69 bits per heavy atom. The fourth-order valence-corrected chi connectivity index (χ4v) is 1.74. The molecule has 0 amide bonds. The van der Waals surface area contributed by atoms with Crippen LogP contribution >= 0.6 is 11.8 Å². The Labute approximate surface area is 82.5 Å². The third kappa shape index (κ3) is 2.71. The monoisotopic (exact) mass is 199 g/mol.